The van der Waals surface area contributed by atoms with E-state index in [0.29, 0.717) is 36.7 Å². The van der Waals surface area contributed by atoms with E-state index in [1.807, 2.05) is 12.1 Å². The number of benzene rings is 1. The summed E-state index contributed by atoms with van der Waals surface area (Å²) in [7, 11) is -3.16. The summed E-state index contributed by atoms with van der Waals surface area (Å²) in [5.41, 5.74) is 2.47. The van der Waals surface area contributed by atoms with Crippen molar-refractivity contribution in [1.82, 2.24) is 9.21 Å². The Morgan fingerprint density at radius 2 is 1.96 bits per heavy atom. The molecule has 4 nitrogen and oxygen atoms in total. The van der Waals surface area contributed by atoms with E-state index in [-0.39, 0.29) is 0 Å². The Balaban J connectivity index is 1.47. The van der Waals surface area contributed by atoms with E-state index in [1.54, 1.807) is 4.31 Å². The highest BCUT2D eigenvalue weighted by Crippen LogP contribution is 2.37. The van der Waals surface area contributed by atoms with Crippen LogP contribution in [0.3, 0.4) is 0 Å². The molecule has 2 bridgehead atoms. The Labute approximate surface area is 139 Å². The van der Waals surface area contributed by atoms with Crippen LogP contribution in [0.25, 0.3) is 0 Å². The van der Waals surface area contributed by atoms with Crippen LogP contribution in [0.5, 0.6) is 0 Å². The lowest BCUT2D eigenvalue weighted by Crippen LogP contribution is -2.54. The van der Waals surface area contributed by atoms with Gasteiger partial charge in [-0.25, -0.2) is 8.42 Å². The predicted molar refractivity (Wildman–Crippen MR) is 91.6 cm³/mol. The second-order valence-corrected chi connectivity index (χ2v) is 9.53. The highest BCUT2D eigenvalue weighted by molar-refractivity contribution is 7.89. The van der Waals surface area contributed by atoms with Gasteiger partial charge in [0.15, 0.2) is 0 Å². The van der Waals surface area contributed by atoms with E-state index >= 15 is 0 Å². The van der Waals surface area contributed by atoms with Gasteiger partial charge in [0.25, 0.3) is 0 Å². The van der Waals surface area contributed by atoms with Crippen molar-refractivity contribution in [2.45, 2.75) is 38.8 Å². The van der Waals surface area contributed by atoms with Gasteiger partial charge in [-0.1, -0.05) is 24.3 Å². The molecule has 0 N–H and O–H groups in total. The summed E-state index contributed by atoms with van der Waals surface area (Å²) in [6, 6.07) is 8.86. The van der Waals surface area contributed by atoms with Crippen molar-refractivity contribution >= 4 is 10.0 Å². The first-order valence-corrected chi connectivity index (χ1v) is 10.4. The van der Waals surface area contributed by atoms with Crippen molar-refractivity contribution in [3.05, 3.63) is 35.4 Å². The SMILES string of the molecule is CC1CC2CCN1C[C@@H]2CS(=O)(=O)N1CCc2ccccc2C1. The summed E-state index contributed by atoms with van der Waals surface area (Å²) in [5, 5.41) is 0. The third-order valence-electron chi connectivity index (χ3n) is 6.10. The number of sulfonamides is 1. The van der Waals surface area contributed by atoms with Crippen molar-refractivity contribution in [2.75, 3.05) is 25.4 Å². The van der Waals surface area contributed by atoms with Gasteiger partial charge in [0.05, 0.1) is 5.75 Å². The predicted octanol–water partition coefficient (Wildman–Crippen LogP) is 2.10. The number of nitrogens with zero attached hydrogens (tertiary/aromatic N) is 2. The maximum absolute atomic E-state index is 12.9. The molecule has 0 aliphatic carbocycles. The number of rotatable bonds is 3. The minimum absolute atomic E-state index is 0.321. The molecule has 1 aromatic carbocycles. The summed E-state index contributed by atoms with van der Waals surface area (Å²) in [6.07, 6.45) is 3.18. The monoisotopic (exact) mass is 334 g/mol. The summed E-state index contributed by atoms with van der Waals surface area (Å²) >= 11 is 0. The molecule has 0 amide bonds. The molecule has 126 valence electrons. The largest absolute Gasteiger partial charge is 0.300 e. The Hall–Kier alpha value is -0.910. The van der Waals surface area contributed by atoms with Gasteiger partial charge in [-0.2, -0.15) is 4.31 Å². The minimum Gasteiger partial charge on any atom is -0.300 e. The molecule has 0 spiro atoms. The van der Waals surface area contributed by atoms with E-state index in [0.717, 1.165) is 19.5 Å². The maximum Gasteiger partial charge on any atom is 0.214 e. The van der Waals surface area contributed by atoms with Gasteiger partial charge in [0.2, 0.25) is 10.0 Å². The van der Waals surface area contributed by atoms with Crippen LogP contribution in [0.15, 0.2) is 24.3 Å². The molecule has 5 heteroatoms. The standard InChI is InChI=1S/C18H26N2O2S/c1-14-10-16-6-8-19(14)11-18(16)13-23(21,22)20-9-7-15-4-2-3-5-17(15)12-20/h2-5,14,16,18H,6-13H2,1H3/t14?,16?,18-/m1/s1. The lowest BCUT2D eigenvalue weighted by atomic mass is 9.77. The first kappa shape index (κ1) is 15.6. The molecule has 4 aliphatic rings. The number of piperidine rings is 3. The Bertz CT molecular complexity index is 688. The van der Waals surface area contributed by atoms with Crippen molar-refractivity contribution in [3.8, 4) is 0 Å². The molecule has 0 radical (unpaired) electrons. The second kappa shape index (κ2) is 5.87. The average molecular weight is 334 g/mol. The van der Waals surface area contributed by atoms with Crippen molar-refractivity contribution in [2.24, 2.45) is 11.8 Å². The van der Waals surface area contributed by atoms with Gasteiger partial charge in [-0.3, -0.25) is 0 Å². The fraction of sp³-hybridized carbons (Fsp3) is 0.667. The van der Waals surface area contributed by atoms with Gasteiger partial charge < -0.3 is 4.90 Å². The molecule has 0 saturated carbocycles. The molecule has 0 aromatic heterocycles. The molecule has 3 saturated heterocycles. The van der Waals surface area contributed by atoms with E-state index in [9.17, 15) is 8.42 Å². The van der Waals surface area contributed by atoms with E-state index in [2.05, 4.69) is 24.0 Å². The van der Waals surface area contributed by atoms with E-state index in [1.165, 1.54) is 24.0 Å². The van der Waals surface area contributed by atoms with Gasteiger partial charge in [-0.05, 0) is 55.7 Å². The highest BCUT2D eigenvalue weighted by Gasteiger charge is 2.41. The Morgan fingerprint density at radius 3 is 2.65 bits per heavy atom. The fourth-order valence-corrected chi connectivity index (χ4v) is 6.51. The molecule has 5 rings (SSSR count). The zero-order valence-electron chi connectivity index (χ0n) is 13.8. The molecular formula is C18H26N2O2S. The van der Waals surface area contributed by atoms with E-state index in [4.69, 9.17) is 0 Å². The van der Waals surface area contributed by atoms with Crippen molar-refractivity contribution < 1.29 is 8.42 Å². The number of hydrogen-bond acceptors (Lipinski definition) is 3. The van der Waals surface area contributed by atoms with Gasteiger partial charge in [-0.15, -0.1) is 0 Å². The maximum atomic E-state index is 12.9. The molecular weight excluding hydrogens is 308 g/mol. The van der Waals surface area contributed by atoms with Crippen LogP contribution >= 0.6 is 0 Å². The van der Waals surface area contributed by atoms with Gasteiger partial charge in [0.1, 0.15) is 0 Å². The smallest absolute Gasteiger partial charge is 0.214 e. The average Bonchev–Trinajstić information content (AvgIpc) is 2.55. The quantitative estimate of drug-likeness (QED) is 0.850. The molecule has 1 aromatic rings. The third kappa shape index (κ3) is 2.94. The van der Waals surface area contributed by atoms with Gasteiger partial charge >= 0.3 is 0 Å². The second-order valence-electron chi connectivity index (χ2n) is 7.52. The molecule has 3 unspecified atom stereocenters. The lowest BCUT2D eigenvalue weighted by Gasteiger charge is -2.49. The molecule has 4 heterocycles. The van der Waals surface area contributed by atoms with Crippen LogP contribution in [-0.4, -0.2) is 49.1 Å². The molecule has 3 fully saturated rings. The van der Waals surface area contributed by atoms with Crippen LogP contribution in [0.1, 0.15) is 30.9 Å². The van der Waals surface area contributed by atoms with Crippen LogP contribution in [0, 0.1) is 11.8 Å². The first-order valence-electron chi connectivity index (χ1n) is 8.81. The Morgan fingerprint density at radius 1 is 1.17 bits per heavy atom. The summed E-state index contributed by atoms with van der Waals surface area (Å²) < 4.78 is 27.6. The third-order valence-corrected chi connectivity index (χ3v) is 8.05. The summed E-state index contributed by atoms with van der Waals surface area (Å²) in [4.78, 5) is 2.48. The van der Waals surface area contributed by atoms with Crippen LogP contribution in [0.4, 0.5) is 0 Å². The number of fused-ring (bicyclic) bond motifs is 4. The first-order chi connectivity index (χ1) is 11.0. The Kier molecular flexibility index (Phi) is 3.98. The van der Waals surface area contributed by atoms with Gasteiger partial charge in [0, 0.05) is 25.7 Å². The zero-order chi connectivity index (χ0) is 16.0. The van der Waals surface area contributed by atoms with E-state index < -0.39 is 10.0 Å². The number of hydrogen-bond donors (Lipinski definition) is 0. The fourth-order valence-electron chi connectivity index (χ4n) is 4.68. The molecule has 23 heavy (non-hydrogen) atoms. The topological polar surface area (TPSA) is 40.6 Å². The molecule has 4 aliphatic heterocycles. The molecule has 4 atom stereocenters. The summed E-state index contributed by atoms with van der Waals surface area (Å²) in [6.45, 7) is 5.58. The highest BCUT2D eigenvalue weighted by atomic mass is 32.2. The van der Waals surface area contributed by atoms with Crippen LogP contribution in [-0.2, 0) is 23.0 Å². The van der Waals surface area contributed by atoms with Crippen molar-refractivity contribution in [3.63, 3.8) is 0 Å². The lowest BCUT2D eigenvalue weighted by molar-refractivity contribution is 0.0174. The van der Waals surface area contributed by atoms with Crippen LogP contribution in [0.2, 0.25) is 0 Å². The summed E-state index contributed by atoms with van der Waals surface area (Å²) in [5.74, 6) is 1.26. The normalized spacial score (nSPS) is 34.3. The van der Waals surface area contributed by atoms with Crippen molar-refractivity contribution in [1.29, 1.82) is 0 Å². The van der Waals surface area contributed by atoms with Crippen LogP contribution < -0.4 is 0 Å². The minimum atomic E-state index is -3.16. The zero-order valence-corrected chi connectivity index (χ0v) is 14.6.